The van der Waals surface area contributed by atoms with Crippen molar-refractivity contribution in [3.8, 4) is 0 Å². The lowest BCUT2D eigenvalue weighted by Gasteiger charge is -2.25. The highest BCUT2D eigenvalue weighted by atomic mass is 16.5. The molecule has 1 aliphatic rings. The number of nitrogens with two attached hydrogens (primary N) is 1. The maximum Gasteiger partial charge on any atom is 0.268 e. The summed E-state index contributed by atoms with van der Waals surface area (Å²) in [5.41, 5.74) is 6.72. The van der Waals surface area contributed by atoms with E-state index in [0.29, 0.717) is 30.6 Å². The predicted octanol–water partition coefficient (Wildman–Crippen LogP) is 1.95. The zero-order valence-electron chi connectivity index (χ0n) is 11.9. The van der Waals surface area contributed by atoms with Gasteiger partial charge in [0.05, 0.1) is 11.3 Å². The summed E-state index contributed by atoms with van der Waals surface area (Å²) < 4.78 is 7.55. The van der Waals surface area contributed by atoms with Crippen LogP contribution in [0.5, 0.6) is 0 Å². The Kier molecular flexibility index (Phi) is 3.85. The van der Waals surface area contributed by atoms with Gasteiger partial charge >= 0.3 is 0 Å². The third kappa shape index (κ3) is 3.50. The number of carbonyl (C=O) groups excluding carboxylic acids is 1. The Labute approximate surface area is 114 Å². The monoisotopic (exact) mass is 265 g/mol. The molecule has 1 saturated carbocycles. The Morgan fingerprint density at radius 2 is 2.26 bits per heavy atom. The van der Waals surface area contributed by atoms with Crippen LogP contribution >= 0.6 is 0 Å². The van der Waals surface area contributed by atoms with Crippen molar-refractivity contribution in [3.05, 3.63) is 18.0 Å². The third-order valence-corrected chi connectivity index (χ3v) is 3.25. The number of nitrogens with one attached hydrogen (secondary N) is 1. The number of carbonyl (C=O) groups is 1. The van der Waals surface area contributed by atoms with Crippen molar-refractivity contribution >= 4 is 11.6 Å². The number of ether oxygens (including phenoxy) is 1. The first-order valence-corrected chi connectivity index (χ1v) is 6.82. The maximum absolute atomic E-state index is 12.2. The number of hydrogen-bond acceptors (Lipinski definition) is 3. The van der Waals surface area contributed by atoms with Gasteiger partial charge in [-0.1, -0.05) is 0 Å². The molecule has 0 radical (unpaired) electrons. The summed E-state index contributed by atoms with van der Waals surface area (Å²) in [7, 11) is 0. The maximum atomic E-state index is 12.2. The Bertz CT molecular complexity index is 461. The highest BCUT2D eigenvalue weighted by Crippen LogP contribution is 2.37. The van der Waals surface area contributed by atoms with Crippen molar-refractivity contribution in [3.63, 3.8) is 0 Å². The molecule has 1 amide bonds. The minimum Gasteiger partial charge on any atom is -0.397 e. The Balaban J connectivity index is 2.00. The van der Waals surface area contributed by atoms with Crippen LogP contribution in [0.4, 0.5) is 5.69 Å². The molecule has 106 valence electrons. The quantitative estimate of drug-likeness (QED) is 0.826. The average molecular weight is 265 g/mol. The molecule has 0 atom stereocenters. The highest BCUT2D eigenvalue weighted by Gasteiger charge is 2.28. The molecule has 0 unspecified atom stereocenters. The number of nitrogen functional groups attached to an aromatic ring is 1. The SMILES string of the molecule is CCOC(C)(C)CNC(=O)c1cc(N)cn1C1CC1. The molecule has 19 heavy (non-hydrogen) atoms. The van der Waals surface area contributed by atoms with Crippen molar-refractivity contribution in [1.82, 2.24) is 9.88 Å². The smallest absolute Gasteiger partial charge is 0.268 e. The van der Waals surface area contributed by atoms with E-state index in [2.05, 4.69) is 5.32 Å². The van der Waals surface area contributed by atoms with Crippen molar-refractivity contribution in [2.75, 3.05) is 18.9 Å². The zero-order valence-corrected chi connectivity index (χ0v) is 11.9. The van der Waals surface area contributed by atoms with Crippen molar-refractivity contribution in [2.24, 2.45) is 0 Å². The van der Waals surface area contributed by atoms with Gasteiger partial charge in [-0.2, -0.15) is 0 Å². The van der Waals surface area contributed by atoms with Gasteiger partial charge in [0.15, 0.2) is 0 Å². The van der Waals surface area contributed by atoms with Crippen LogP contribution in [-0.2, 0) is 4.74 Å². The standard InChI is InChI=1S/C14H23N3O2/c1-4-19-14(2,3)9-16-13(18)12-7-10(15)8-17(12)11-5-6-11/h7-8,11H,4-6,9,15H2,1-3H3,(H,16,18). The molecule has 3 N–H and O–H groups in total. The molecule has 1 fully saturated rings. The molecular formula is C14H23N3O2. The van der Waals surface area contributed by atoms with Gasteiger partial charge in [0.25, 0.3) is 5.91 Å². The number of rotatable bonds is 6. The van der Waals surface area contributed by atoms with Gasteiger partial charge in [-0.3, -0.25) is 4.79 Å². The number of nitrogens with zero attached hydrogens (tertiary/aromatic N) is 1. The zero-order chi connectivity index (χ0) is 14.0. The lowest BCUT2D eigenvalue weighted by molar-refractivity contribution is -0.00821. The van der Waals surface area contributed by atoms with E-state index in [1.54, 1.807) is 6.07 Å². The fourth-order valence-electron chi connectivity index (χ4n) is 2.16. The van der Waals surface area contributed by atoms with Gasteiger partial charge in [-0.15, -0.1) is 0 Å². The van der Waals surface area contributed by atoms with Gasteiger partial charge < -0.3 is 20.4 Å². The predicted molar refractivity (Wildman–Crippen MR) is 75.2 cm³/mol. The molecule has 5 heteroatoms. The fourth-order valence-corrected chi connectivity index (χ4v) is 2.16. The fraction of sp³-hybridized carbons (Fsp3) is 0.643. The number of aromatic nitrogens is 1. The molecular weight excluding hydrogens is 242 g/mol. The van der Waals surface area contributed by atoms with Gasteiger partial charge in [0, 0.05) is 25.4 Å². The third-order valence-electron chi connectivity index (χ3n) is 3.25. The van der Waals surface area contributed by atoms with Crippen LogP contribution in [0.3, 0.4) is 0 Å². The average Bonchev–Trinajstić information content (AvgIpc) is 3.09. The summed E-state index contributed by atoms with van der Waals surface area (Å²) in [4.78, 5) is 12.2. The van der Waals surface area contributed by atoms with Crippen molar-refractivity contribution < 1.29 is 9.53 Å². The number of amides is 1. The summed E-state index contributed by atoms with van der Waals surface area (Å²) in [6, 6.07) is 2.18. The molecule has 0 aliphatic heterocycles. The lowest BCUT2D eigenvalue weighted by atomic mass is 10.1. The van der Waals surface area contributed by atoms with E-state index in [0.717, 1.165) is 12.8 Å². The normalized spacial score (nSPS) is 15.5. The van der Waals surface area contributed by atoms with Crippen LogP contribution in [0.25, 0.3) is 0 Å². The first-order valence-electron chi connectivity index (χ1n) is 6.82. The van der Waals surface area contributed by atoms with E-state index < -0.39 is 0 Å². The topological polar surface area (TPSA) is 69.3 Å². The molecule has 0 spiro atoms. The van der Waals surface area contributed by atoms with Crippen molar-refractivity contribution in [1.29, 1.82) is 0 Å². The van der Waals surface area contributed by atoms with Gasteiger partial charge in [-0.05, 0) is 39.7 Å². The largest absolute Gasteiger partial charge is 0.397 e. The van der Waals surface area contributed by atoms with Gasteiger partial charge in [-0.25, -0.2) is 0 Å². The summed E-state index contributed by atoms with van der Waals surface area (Å²) >= 11 is 0. The second-order valence-corrected chi connectivity index (χ2v) is 5.67. The van der Waals surface area contributed by atoms with Crippen LogP contribution in [-0.4, -0.2) is 29.2 Å². The Morgan fingerprint density at radius 3 is 2.84 bits per heavy atom. The lowest BCUT2D eigenvalue weighted by Crippen LogP contribution is -2.41. The van der Waals surface area contributed by atoms with E-state index in [4.69, 9.17) is 10.5 Å². The van der Waals surface area contributed by atoms with Gasteiger partial charge in [0.2, 0.25) is 0 Å². The molecule has 1 aliphatic carbocycles. The minimum absolute atomic E-state index is 0.0867. The summed E-state index contributed by atoms with van der Waals surface area (Å²) in [5, 5.41) is 2.92. The summed E-state index contributed by atoms with van der Waals surface area (Å²) in [5.74, 6) is -0.0867. The minimum atomic E-state index is -0.354. The van der Waals surface area contributed by atoms with E-state index in [-0.39, 0.29) is 11.5 Å². The molecule has 0 bridgehead atoms. The van der Waals surface area contributed by atoms with Gasteiger partial charge in [0.1, 0.15) is 5.69 Å². The highest BCUT2D eigenvalue weighted by molar-refractivity contribution is 5.94. The second-order valence-electron chi connectivity index (χ2n) is 5.67. The number of anilines is 1. The van der Waals surface area contributed by atoms with E-state index >= 15 is 0 Å². The molecule has 1 aromatic heterocycles. The van der Waals surface area contributed by atoms with Crippen LogP contribution in [0.2, 0.25) is 0 Å². The van der Waals surface area contributed by atoms with Crippen molar-refractivity contribution in [2.45, 2.75) is 45.3 Å². The van der Waals surface area contributed by atoms with E-state index in [1.165, 1.54) is 0 Å². The molecule has 5 nitrogen and oxygen atoms in total. The second kappa shape index (κ2) is 5.25. The molecule has 1 heterocycles. The van der Waals surface area contributed by atoms with Crippen LogP contribution in [0.1, 0.15) is 50.1 Å². The van der Waals surface area contributed by atoms with Crippen LogP contribution in [0.15, 0.2) is 12.3 Å². The molecule has 1 aromatic rings. The number of hydrogen-bond donors (Lipinski definition) is 2. The molecule has 0 saturated heterocycles. The molecule has 0 aromatic carbocycles. The Morgan fingerprint density at radius 1 is 1.58 bits per heavy atom. The Hall–Kier alpha value is -1.49. The van der Waals surface area contributed by atoms with Crippen LogP contribution < -0.4 is 11.1 Å². The van der Waals surface area contributed by atoms with E-state index in [9.17, 15) is 4.79 Å². The summed E-state index contributed by atoms with van der Waals surface area (Å²) in [6.07, 6.45) is 4.10. The summed E-state index contributed by atoms with van der Waals surface area (Å²) in [6.45, 7) is 6.99. The first-order chi connectivity index (χ1) is 8.93. The first kappa shape index (κ1) is 13.9. The van der Waals surface area contributed by atoms with E-state index in [1.807, 2.05) is 31.5 Å². The van der Waals surface area contributed by atoms with Crippen LogP contribution in [0, 0.1) is 0 Å². The molecule has 2 rings (SSSR count).